The van der Waals surface area contributed by atoms with Crippen molar-refractivity contribution in [3.63, 3.8) is 0 Å². The topological polar surface area (TPSA) is 29.1 Å². The Bertz CT molecular complexity index is 691. The van der Waals surface area contributed by atoms with E-state index in [1.165, 1.54) is 24.3 Å². The molecule has 0 unspecified atom stereocenters. The fraction of sp³-hybridized carbons (Fsp3) is 0.0714. The van der Waals surface area contributed by atoms with Gasteiger partial charge in [-0.25, -0.2) is 8.78 Å². The highest BCUT2D eigenvalue weighted by Gasteiger charge is 2.12. The first-order valence-electron chi connectivity index (χ1n) is 5.60. The number of carbonyl (C=O) groups excluding carboxylic acids is 1. The molecule has 0 saturated carbocycles. The van der Waals surface area contributed by atoms with Crippen LogP contribution in [-0.2, 0) is 0 Å². The van der Waals surface area contributed by atoms with Crippen molar-refractivity contribution in [1.82, 2.24) is 0 Å². The van der Waals surface area contributed by atoms with Crippen LogP contribution in [0.1, 0.15) is 15.9 Å². The Morgan fingerprint density at radius 3 is 2.55 bits per heavy atom. The molecule has 1 N–H and O–H groups in total. The second-order valence-corrected chi connectivity index (χ2v) is 5.43. The van der Waals surface area contributed by atoms with Gasteiger partial charge in [0.15, 0.2) is 0 Å². The molecule has 6 heteroatoms. The Balaban J connectivity index is 2.27. The summed E-state index contributed by atoms with van der Waals surface area (Å²) in [5.41, 5.74) is 1.14. The lowest BCUT2D eigenvalue weighted by molar-refractivity contribution is 0.102. The molecule has 0 atom stereocenters. The van der Waals surface area contributed by atoms with Crippen LogP contribution in [0.3, 0.4) is 0 Å². The number of halogens is 4. The van der Waals surface area contributed by atoms with Crippen LogP contribution in [0.25, 0.3) is 0 Å². The van der Waals surface area contributed by atoms with Crippen molar-refractivity contribution in [1.29, 1.82) is 0 Å². The lowest BCUT2D eigenvalue weighted by Crippen LogP contribution is -2.13. The van der Waals surface area contributed by atoms with Gasteiger partial charge in [-0.15, -0.1) is 0 Å². The summed E-state index contributed by atoms with van der Waals surface area (Å²) in [4.78, 5) is 12.0. The van der Waals surface area contributed by atoms with Gasteiger partial charge in [0.2, 0.25) is 0 Å². The first-order valence-corrected chi connectivity index (χ1v) is 6.77. The average Bonchev–Trinajstić information content (AvgIpc) is 2.39. The van der Waals surface area contributed by atoms with Gasteiger partial charge in [0.25, 0.3) is 5.91 Å². The minimum atomic E-state index is -0.670. The predicted octanol–water partition coefficient (Wildman–Crippen LogP) is 4.94. The molecule has 2 aromatic carbocycles. The van der Waals surface area contributed by atoms with Gasteiger partial charge in [-0.05, 0) is 58.7 Å². The van der Waals surface area contributed by atoms with Gasteiger partial charge in [0, 0.05) is 11.3 Å². The van der Waals surface area contributed by atoms with E-state index in [0.29, 0.717) is 11.3 Å². The van der Waals surface area contributed by atoms with E-state index in [1.54, 1.807) is 6.92 Å². The quantitative estimate of drug-likeness (QED) is 0.807. The summed E-state index contributed by atoms with van der Waals surface area (Å²) in [6, 6.07) is 6.51. The van der Waals surface area contributed by atoms with Crippen LogP contribution in [0.15, 0.2) is 34.8 Å². The Hall–Kier alpha value is -1.46. The van der Waals surface area contributed by atoms with Crippen LogP contribution in [0.5, 0.6) is 0 Å². The van der Waals surface area contributed by atoms with Crippen LogP contribution in [0.4, 0.5) is 14.5 Å². The largest absolute Gasteiger partial charge is 0.322 e. The lowest BCUT2D eigenvalue weighted by atomic mass is 10.1. The SMILES string of the molecule is Cc1cc(F)c(Br)cc1NC(=O)c1ccc(Cl)c(F)c1. The number of hydrogen-bond donors (Lipinski definition) is 1. The first-order chi connectivity index (χ1) is 9.38. The minimum absolute atomic E-state index is 0.0535. The summed E-state index contributed by atoms with van der Waals surface area (Å²) in [7, 11) is 0. The molecule has 0 bridgehead atoms. The van der Waals surface area contributed by atoms with Crippen molar-refractivity contribution in [2.75, 3.05) is 5.32 Å². The van der Waals surface area contributed by atoms with Crippen LogP contribution < -0.4 is 5.32 Å². The highest BCUT2D eigenvalue weighted by Crippen LogP contribution is 2.25. The van der Waals surface area contributed by atoms with Crippen molar-refractivity contribution in [2.24, 2.45) is 0 Å². The van der Waals surface area contributed by atoms with Crippen molar-refractivity contribution < 1.29 is 13.6 Å². The van der Waals surface area contributed by atoms with Crippen LogP contribution in [0, 0.1) is 18.6 Å². The van der Waals surface area contributed by atoms with Gasteiger partial charge in [0.1, 0.15) is 11.6 Å². The van der Waals surface area contributed by atoms with Crippen molar-refractivity contribution in [3.8, 4) is 0 Å². The zero-order valence-corrected chi connectivity index (χ0v) is 12.6. The number of carbonyl (C=O) groups is 1. The van der Waals surface area contributed by atoms with E-state index in [0.717, 1.165) is 6.07 Å². The van der Waals surface area contributed by atoms with E-state index in [1.807, 2.05) is 0 Å². The summed E-state index contributed by atoms with van der Waals surface area (Å²) in [5.74, 6) is -1.59. The number of rotatable bonds is 2. The molecule has 0 heterocycles. The maximum Gasteiger partial charge on any atom is 0.255 e. The van der Waals surface area contributed by atoms with E-state index >= 15 is 0 Å². The number of anilines is 1. The molecule has 1 amide bonds. The molecule has 0 spiro atoms. The molecule has 2 aromatic rings. The van der Waals surface area contributed by atoms with Gasteiger partial charge in [-0.1, -0.05) is 11.6 Å². The van der Waals surface area contributed by atoms with Crippen LogP contribution >= 0.6 is 27.5 Å². The molecule has 2 rings (SSSR count). The third-order valence-electron chi connectivity index (χ3n) is 2.70. The predicted molar refractivity (Wildman–Crippen MR) is 78.2 cm³/mol. The molecule has 0 aliphatic rings. The Kier molecular flexibility index (Phi) is 4.40. The van der Waals surface area contributed by atoms with E-state index in [2.05, 4.69) is 21.2 Å². The molecule has 0 aliphatic carbocycles. The maximum absolute atomic E-state index is 13.3. The van der Waals surface area contributed by atoms with Crippen LogP contribution in [-0.4, -0.2) is 5.91 Å². The van der Waals surface area contributed by atoms with Crippen LogP contribution in [0.2, 0.25) is 5.02 Å². The minimum Gasteiger partial charge on any atom is -0.322 e. The molecule has 0 saturated heterocycles. The lowest BCUT2D eigenvalue weighted by Gasteiger charge is -2.10. The first kappa shape index (κ1) is 14.9. The zero-order chi connectivity index (χ0) is 14.9. The molecule has 2 nitrogen and oxygen atoms in total. The van der Waals surface area contributed by atoms with E-state index < -0.39 is 17.5 Å². The standard InChI is InChI=1S/C14H9BrClF2NO/c1-7-4-11(17)9(15)6-13(7)19-14(20)8-2-3-10(16)12(18)5-8/h2-6H,1H3,(H,19,20). The maximum atomic E-state index is 13.3. The fourth-order valence-electron chi connectivity index (χ4n) is 1.61. The summed E-state index contributed by atoms with van der Waals surface area (Å²) in [6.45, 7) is 1.66. The fourth-order valence-corrected chi connectivity index (χ4v) is 2.07. The average molecular weight is 361 g/mol. The summed E-state index contributed by atoms with van der Waals surface area (Å²) >= 11 is 8.60. The van der Waals surface area contributed by atoms with E-state index in [9.17, 15) is 13.6 Å². The summed E-state index contributed by atoms with van der Waals surface area (Å²) in [6.07, 6.45) is 0. The number of hydrogen-bond acceptors (Lipinski definition) is 1. The molecular weight excluding hydrogens is 352 g/mol. The Labute approximate surface area is 127 Å². The Morgan fingerprint density at radius 1 is 1.20 bits per heavy atom. The second kappa shape index (κ2) is 5.89. The van der Waals surface area contributed by atoms with Gasteiger partial charge in [-0.3, -0.25) is 4.79 Å². The summed E-state index contributed by atoms with van der Waals surface area (Å²) in [5, 5.41) is 2.54. The second-order valence-electron chi connectivity index (χ2n) is 4.16. The summed E-state index contributed by atoms with van der Waals surface area (Å²) < 4.78 is 26.8. The van der Waals surface area contributed by atoms with Crippen molar-refractivity contribution in [3.05, 3.63) is 62.6 Å². The Morgan fingerprint density at radius 2 is 1.90 bits per heavy atom. The van der Waals surface area contributed by atoms with Gasteiger partial charge in [0.05, 0.1) is 9.50 Å². The molecule has 20 heavy (non-hydrogen) atoms. The number of benzene rings is 2. The van der Waals surface area contributed by atoms with Crippen molar-refractivity contribution >= 4 is 39.1 Å². The van der Waals surface area contributed by atoms with Gasteiger partial charge >= 0.3 is 0 Å². The zero-order valence-electron chi connectivity index (χ0n) is 10.3. The molecule has 0 aliphatic heterocycles. The normalized spacial score (nSPS) is 10.4. The van der Waals surface area contributed by atoms with E-state index in [-0.39, 0.29) is 15.1 Å². The number of aryl methyl sites for hydroxylation is 1. The smallest absolute Gasteiger partial charge is 0.255 e. The molecule has 104 valence electrons. The highest BCUT2D eigenvalue weighted by molar-refractivity contribution is 9.10. The molecule has 0 aromatic heterocycles. The monoisotopic (exact) mass is 359 g/mol. The van der Waals surface area contributed by atoms with E-state index in [4.69, 9.17) is 11.6 Å². The third-order valence-corrected chi connectivity index (χ3v) is 3.61. The number of nitrogens with one attached hydrogen (secondary N) is 1. The van der Waals surface area contributed by atoms with Gasteiger partial charge < -0.3 is 5.32 Å². The van der Waals surface area contributed by atoms with Gasteiger partial charge in [-0.2, -0.15) is 0 Å². The van der Waals surface area contributed by atoms with Crippen molar-refractivity contribution in [2.45, 2.75) is 6.92 Å². The molecule has 0 radical (unpaired) electrons. The molecule has 0 fully saturated rings. The molecular formula is C14H9BrClF2NO. The number of amides is 1. The third kappa shape index (κ3) is 3.16. The highest BCUT2D eigenvalue weighted by atomic mass is 79.9.